The van der Waals surface area contributed by atoms with Gasteiger partial charge in [-0.25, -0.2) is 0 Å². The molecule has 0 heterocycles. The van der Waals surface area contributed by atoms with Crippen LogP contribution in [0.5, 0.6) is 11.5 Å². The number of rotatable bonds is 9. The second-order valence-corrected chi connectivity index (χ2v) is 5.69. The number of ether oxygens (including phenoxy) is 2. The lowest BCUT2D eigenvalue weighted by atomic mass is 10.1. The van der Waals surface area contributed by atoms with Crippen molar-refractivity contribution in [2.75, 3.05) is 13.2 Å². The van der Waals surface area contributed by atoms with Crippen molar-refractivity contribution in [1.29, 1.82) is 0 Å². The molecule has 0 aliphatic carbocycles. The lowest BCUT2D eigenvalue weighted by Gasteiger charge is -2.09. The maximum Gasteiger partial charge on any atom is 0.387 e. The smallest absolute Gasteiger partial charge is 0.387 e. The van der Waals surface area contributed by atoms with E-state index in [1.165, 1.54) is 24.3 Å². The van der Waals surface area contributed by atoms with Crippen LogP contribution in [-0.4, -0.2) is 30.6 Å². The molecule has 10 heteroatoms. The molecule has 0 spiro atoms. The highest BCUT2D eigenvalue weighted by Gasteiger charge is 2.11. The van der Waals surface area contributed by atoms with Crippen molar-refractivity contribution >= 4 is 23.2 Å². The summed E-state index contributed by atoms with van der Waals surface area (Å²) in [6, 6.07) is 9.76. The average Bonchev–Trinajstić information content (AvgIpc) is 2.61. The van der Waals surface area contributed by atoms with Crippen molar-refractivity contribution in [2.45, 2.75) is 13.0 Å². The Morgan fingerprint density at radius 3 is 2.52 bits per heavy atom. The molecule has 0 aliphatic rings. The van der Waals surface area contributed by atoms with Gasteiger partial charge in [-0.1, -0.05) is 23.7 Å². The minimum atomic E-state index is -2.88. The number of amides is 1. The number of carbonyl (C=O) groups is 1. The number of hydrogen-bond donors (Lipinski definition) is 1. The average molecular weight is 401 g/mol. The Kier molecular flexibility index (Phi) is 7.30. The second kappa shape index (κ2) is 9.67. The first kappa shape index (κ1) is 20.4. The zero-order valence-electron chi connectivity index (χ0n) is 13.9. The monoisotopic (exact) mass is 400 g/mol. The summed E-state index contributed by atoms with van der Waals surface area (Å²) in [6.07, 6.45) is 0.485. The standard InChI is InChI=1S/C17H15ClF2N2O5/c18-14-9-12(22(24)25)3-6-15(14)26-10-16(23)21-8-7-11-1-4-13(5-2-11)27-17(19)20/h1-6,9,17H,7-8,10H2,(H,21,23). The van der Waals surface area contributed by atoms with Crippen molar-refractivity contribution in [3.8, 4) is 11.5 Å². The van der Waals surface area contributed by atoms with Gasteiger partial charge in [-0.3, -0.25) is 14.9 Å². The van der Waals surface area contributed by atoms with Gasteiger partial charge in [-0.15, -0.1) is 0 Å². The van der Waals surface area contributed by atoms with Crippen molar-refractivity contribution in [3.63, 3.8) is 0 Å². The van der Waals surface area contributed by atoms with E-state index in [1.54, 1.807) is 12.1 Å². The molecule has 0 aromatic heterocycles. The van der Waals surface area contributed by atoms with Gasteiger partial charge in [0.25, 0.3) is 11.6 Å². The summed E-state index contributed by atoms with van der Waals surface area (Å²) in [5.74, 6) is -0.180. The van der Waals surface area contributed by atoms with Gasteiger partial charge in [0, 0.05) is 18.7 Å². The maximum absolute atomic E-state index is 12.1. The molecule has 1 amide bonds. The molecule has 1 N–H and O–H groups in total. The first-order chi connectivity index (χ1) is 12.8. The van der Waals surface area contributed by atoms with Crippen molar-refractivity contribution in [1.82, 2.24) is 5.32 Å². The third-order valence-electron chi connectivity index (χ3n) is 3.37. The summed E-state index contributed by atoms with van der Waals surface area (Å²) in [7, 11) is 0. The fraction of sp³-hybridized carbons (Fsp3) is 0.235. The Morgan fingerprint density at radius 2 is 1.93 bits per heavy atom. The van der Waals surface area contributed by atoms with Gasteiger partial charge in [-0.2, -0.15) is 8.78 Å². The highest BCUT2D eigenvalue weighted by molar-refractivity contribution is 6.32. The van der Waals surface area contributed by atoms with Crippen LogP contribution in [0.15, 0.2) is 42.5 Å². The topological polar surface area (TPSA) is 90.7 Å². The predicted octanol–water partition coefficient (Wildman–Crippen LogP) is 3.59. The Labute approximate surface area is 158 Å². The second-order valence-electron chi connectivity index (χ2n) is 5.28. The Bertz CT molecular complexity index is 802. The van der Waals surface area contributed by atoms with E-state index in [0.29, 0.717) is 13.0 Å². The van der Waals surface area contributed by atoms with Crippen molar-refractivity contribution in [3.05, 3.63) is 63.2 Å². The molecule has 0 radical (unpaired) electrons. The van der Waals surface area contributed by atoms with E-state index >= 15 is 0 Å². The lowest BCUT2D eigenvalue weighted by molar-refractivity contribution is -0.384. The normalized spacial score (nSPS) is 10.5. The zero-order chi connectivity index (χ0) is 19.8. The number of nitro groups is 1. The van der Waals surface area contributed by atoms with E-state index in [2.05, 4.69) is 10.1 Å². The van der Waals surface area contributed by atoms with Gasteiger partial charge in [0.2, 0.25) is 0 Å². The summed E-state index contributed by atoms with van der Waals surface area (Å²) < 4.78 is 33.6. The largest absolute Gasteiger partial charge is 0.482 e. The number of alkyl halides is 2. The quantitative estimate of drug-likeness (QED) is 0.513. The molecule has 0 fully saturated rings. The number of nitro benzene ring substituents is 1. The fourth-order valence-corrected chi connectivity index (χ4v) is 2.33. The molecule has 0 saturated carbocycles. The van der Waals surface area contributed by atoms with Gasteiger partial charge in [0.15, 0.2) is 6.61 Å². The van der Waals surface area contributed by atoms with Gasteiger partial charge in [-0.05, 0) is 30.2 Å². The van der Waals surface area contributed by atoms with E-state index in [0.717, 1.165) is 11.6 Å². The van der Waals surface area contributed by atoms with Gasteiger partial charge >= 0.3 is 6.61 Å². The molecule has 144 valence electrons. The molecule has 2 aromatic carbocycles. The summed E-state index contributed by atoms with van der Waals surface area (Å²) in [6.45, 7) is -2.87. The molecule has 0 unspecified atom stereocenters. The Balaban J connectivity index is 1.74. The van der Waals surface area contributed by atoms with Crippen molar-refractivity contribution < 1.29 is 28.0 Å². The van der Waals surface area contributed by atoms with E-state index < -0.39 is 17.4 Å². The molecule has 27 heavy (non-hydrogen) atoms. The van der Waals surface area contributed by atoms with Crippen LogP contribution >= 0.6 is 11.6 Å². The van der Waals surface area contributed by atoms with Crippen LogP contribution in [0.4, 0.5) is 14.5 Å². The zero-order valence-corrected chi connectivity index (χ0v) is 14.6. The summed E-state index contributed by atoms with van der Waals surface area (Å²) in [4.78, 5) is 21.8. The first-order valence-corrected chi connectivity index (χ1v) is 8.10. The molecule has 7 nitrogen and oxygen atoms in total. The van der Waals surface area contributed by atoms with Crippen LogP contribution in [0, 0.1) is 10.1 Å². The number of carbonyl (C=O) groups excluding carboxylic acids is 1. The van der Waals surface area contributed by atoms with Crippen molar-refractivity contribution in [2.24, 2.45) is 0 Å². The minimum absolute atomic E-state index is 0.0307. The Hall–Kier alpha value is -2.94. The Morgan fingerprint density at radius 1 is 1.22 bits per heavy atom. The number of benzene rings is 2. The number of hydrogen-bond acceptors (Lipinski definition) is 5. The molecular formula is C17H15ClF2N2O5. The van der Waals surface area contributed by atoms with Gasteiger partial charge in [0.05, 0.1) is 9.95 Å². The summed E-state index contributed by atoms with van der Waals surface area (Å²) in [5, 5.41) is 13.3. The van der Waals surface area contributed by atoms with Gasteiger partial charge < -0.3 is 14.8 Å². The molecule has 0 aliphatic heterocycles. The third-order valence-corrected chi connectivity index (χ3v) is 3.66. The third kappa shape index (κ3) is 6.70. The summed E-state index contributed by atoms with van der Waals surface area (Å²) >= 11 is 5.87. The van der Waals surface area contributed by atoms with E-state index in [-0.39, 0.29) is 28.8 Å². The molecule has 0 saturated heterocycles. The highest BCUT2D eigenvalue weighted by atomic mass is 35.5. The molecule has 0 atom stereocenters. The number of nitrogens with one attached hydrogen (secondary N) is 1. The van der Waals surface area contributed by atoms with Crippen LogP contribution in [-0.2, 0) is 11.2 Å². The maximum atomic E-state index is 12.1. The summed E-state index contributed by atoms with van der Waals surface area (Å²) in [5.41, 5.74) is 0.651. The van der Waals surface area contributed by atoms with E-state index in [1.807, 2.05) is 0 Å². The minimum Gasteiger partial charge on any atom is -0.482 e. The lowest BCUT2D eigenvalue weighted by Crippen LogP contribution is -2.30. The number of halogens is 3. The predicted molar refractivity (Wildman–Crippen MR) is 93.4 cm³/mol. The molecular weight excluding hydrogens is 386 g/mol. The van der Waals surface area contributed by atoms with E-state index in [9.17, 15) is 23.7 Å². The number of nitrogens with zero attached hydrogens (tertiary/aromatic N) is 1. The molecule has 0 bridgehead atoms. The van der Waals surface area contributed by atoms with E-state index in [4.69, 9.17) is 16.3 Å². The van der Waals surface area contributed by atoms with Crippen LogP contribution in [0.1, 0.15) is 5.56 Å². The highest BCUT2D eigenvalue weighted by Crippen LogP contribution is 2.28. The SMILES string of the molecule is O=C(COc1ccc([N+](=O)[O-])cc1Cl)NCCc1ccc(OC(F)F)cc1. The van der Waals surface area contributed by atoms with Crippen LogP contribution in [0.25, 0.3) is 0 Å². The van der Waals surface area contributed by atoms with Crippen LogP contribution in [0.3, 0.4) is 0 Å². The molecule has 2 aromatic rings. The van der Waals surface area contributed by atoms with Crippen LogP contribution < -0.4 is 14.8 Å². The van der Waals surface area contributed by atoms with Gasteiger partial charge in [0.1, 0.15) is 11.5 Å². The van der Waals surface area contributed by atoms with Crippen LogP contribution in [0.2, 0.25) is 5.02 Å². The fourth-order valence-electron chi connectivity index (χ4n) is 2.10. The number of non-ortho nitro benzene ring substituents is 1. The molecule has 2 rings (SSSR count). The first-order valence-electron chi connectivity index (χ1n) is 7.72.